The Morgan fingerprint density at radius 2 is 1.94 bits per heavy atom. The summed E-state index contributed by atoms with van der Waals surface area (Å²) < 4.78 is 13.8. The highest BCUT2D eigenvalue weighted by Gasteiger charge is 2.06. The van der Waals surface area contributed by atoms with Crippen molar-refractivity contribution in [2.75, 3.05) is 5.32 Å². The molecule has 3 heteroatoms. The highest BCUT2D eigenvalue weighted by atomic mass is 19.1. The fourth-order valence-electron chi connectivity index (χ4n) is 1.83. The lowest BCUT2D eigenvalue weighted by Gasteiger charge is -2.10. The molecule has 2 rings (SSSR count). The van der Waals surface area contributed by atoms with Crippen LogP contribution >= 0.6 is 0 Å². The van der Waals surface area contributed by atoms with E-state index >= 15 is 0 Å². The number of aromatic hydroxyl groups is 1. The van der Waals surface area contributed by atoms with Gasteiger partial charge in [-0.25, -0.2) is 4.39 Å². The molecule has 0 heterocycles. The third-order valence-electron chi connectivity index (χ3n) is 2.90. The summed E-state index contributed by atoms with van der Waals surface area (Å²) in [6, 6.07) is 10.6. The van der Waals surface area contributed by atoms with Crippen LogP contribution in [0, 0.1) is 19.7 Å². The van der Waals surface area contributed by atoms with Crippen LogP contribution in [0.2, 0.25) is 0 Å². The topological polar surface area (TPSA) is 32.3 Å². The first kappa shape index (κ1) is 12.4. The number of anilines is 1. The van der Waals surface area contributed by atoms with Gasteiger partial charge in [0.15, 0.2) is 0 Å². The van der Waals surface area contributed by atoms with Crippen LogP contribution in [-0.4, -0.2) is 5.11 Å². The molecule has 2 aromatic rings. The first-order valence-electron chi connectivity index (χ1n) is 5.85. The number of hydrogen-bond acceptors (Lipinski definition) is 2. The van der Waals surface area contributed by atoms with Crippen molar-refractivity contribution in [3.63, 3.8) is 0 Å². The molecule has 18 heavy (non-hydrogen) atoms. The first-order valence-corrected chi connectivity index (χ1v) is 5.85. The Morgan fingerprint density at radius 1 is 1.17 bits per heavy atom. The van der Waals surface area contributed by atoms with Crippen molar-refractivity contribution in [1.29, 1.82) is 0 Å². The average Bonchev–Trinajstić information content (AvgIpc) is 2.35. The molecule has 0 atom stereocenters. The average molecular weight is 245 g/mol. The summed E-state index contributed by atoms with van der Waals surface area (Å²) in [7, 11) is 0. The largest absolute Gasteiger partial charge is 0.508 e. The number of phenolic OH excluding ortho intramolecular Hbond substituents is 1. The van der Waals surface area contributed by atoms with E-state index < -0.39 is 0 Å². The first-order chi connectivity index (χ1) is 8.58. The molecule has 0 saturated carbocycles. The Hall–Kier alpha value is -2.03. The highest BCUT2D eigenvalue weighted by Crippen LogP contribution is 2.22. The van der Waals surface area contributed by atoms with Crippen LogP contribution in [-0.2, 0) is 6.54 Å². The van der Waals surface area contributed by atoms with E-state index in [0.717, 1.165) is 11.1 Å². The molecule has 0 saturated heterocycles. The minimum absolute atomic E-state index is 0.223. The summed E-state index contributed by atoms with van der Waals surface area (Å²) in [5.74, 6) is -0.0224. The van der Waals surface area contributed by atoms with E-state index in [1.165, 1.54) is 0 Å². The van der Waals surface area contributed by atoms with Crippen LogP contribution < -0.4 is 5.32 Å². The zero-order valence-electron chi connectivity index (χ0n) is 10.5. The van der Waals surface area contributed by atoms with E-state index in [4.69, 9.17) is 0 Å². The summed E-state index contributed by atoms with van der Waals surface area (Å²) in [6.45, 7) is 4.08. The monoisotopic (exact) mass is 245 g/mol. The van der Waals surface area contributed by atoms with Crippen molar-refractivity contribution in [3.8, 4) is 5.75 Å². The molecule has 0 unspecified atom stereocenters. The number of rotatable bonds is 3. The predicted octanol–water partition coefficient (Wildman–Crippen LogP) is 3.76. The molecule has 0 amide bonds. The zero-order valence-corrected chi connectivity index (χ0v) is 10.5. The van der Waals surface area contributed by atoms with Crippen LogP contribution in [0.15, 0.2) is 36.4 Å². The lowest BCUT2D eigenvalue weighted by atomic mass is 10.1. The third kappa shape index (κ3) is 2.62. The molecule has 2 nitrogen and oxygen atoms in total. The standard InChI is InChI=1S/C15H16FNO/c1-10-6-7-14(18)12(8-10)9-17-13-5-3-4-11(2)15(13)16/h3-8,17-18H,9H2,1-2H3. The maximum atomic E-state index is 13.8. The summed E-state index contributed by atoms with van der Waals surface area (Å²) in [5, 5.41) is 12.7. The van der Waals surface area contributed by atoms with Gasteiger partial charge in [0.05, 0.1) is 5.69 Å². The van der Waals surface area contributed by atoms with E-state index in [9.17, 15) is 9.50 Å². The molecule has 0 aliphatic carbocycles. The molecule has 0 fully saturated rings. The number of hydrogen-bond donors (Lipinski definition) is 2. The van der Waals surface area contributed by atoms with Gasteiger partial charge in [0.2, 0.25) is 0 Å². The molecule has 94 valence electrons. The normalized spacial score (nSPS) is 10.4. The van der Waals surface area contributed by atoms with Crippen molar-refractivity contribution < 1.29 is 9.50 Å². The van der Waals surface area contributed by atoms with Gasteiger partial charge in [-0.1, -0.05) is 29.8 Å². The van der Waals surface area contributed by atoms with E-state index in [-0.39, 0.29) is 11.6 Å². The summed E-state index contributed by atoms with van der Waals surface area (Å²) in [6.07, 6.45) is 0. The van der Waals surface area contributed by atoms with Crippen LogP contribution in [0.25, 0.3) is 0 Å². The Balaban J connectivity index is 2.16. The van der Waals surface area contributed by atoms with Crippen LogP contribution in [0.1, 0.15) is 16.7 Å². The van der Waals surface area contributed by atoms with Gasteiger partial charge >= 0.3 is 0 Å². The number of aryl methyl sites for hydroxylation is 2. The number of phenols is 1. The van der Waals surface area contributed by atoms with E-state index in [0.29, 0.717) is 17.8 Å². The maximum Gasteiger partial charge on any atom is 0.149 e. The Bertz CT molecular complexity index is 564. The van der Waals surface area contributed by atoms with Gasteiger partial charge in [-0.05, 0) is 31.5 Å². The Morgan fingerprint density at radius 3 is 2.72 bits per heavy atom. The molecule has 0 spiro atoms. The van der Waals surface area contributed by atoms with Crippen LogP contribution in [0.3, 0.4) is 0 Å². The number of benzene rings is 2. The van der Waals surface area contributed by atoms with E-state index in [1.807, 2.05) is 19.1 Å². The van der Waals surface area contributed by atoms with Crippen molar-refractivity contribution >= 4 is 5.69 Å². The lowest BCUT2D eigenvalue weighted by Crippen LogP contribution is -2.02. The van der Waals surface area contributed by atoms with Crippen molar-refractivity contribution in [3.05, 3.63) is 58.9 Å². The number of halogens is 1. The molecule has 0 bridgehead atoms. The van der Waals surface area contributed by atoms with Crippen molar-refractivity contribution in [1.82, 2.24) is 0 Å². The van der Waals surface area contributed by atoms with Crippen LogP contribution in [0.5, 0.6) is 5.75 Å². The zero-order chi connectivity index (χ0) is 13.1. The second-order valence-corrected chi connectivity index (χ2v) is 4.42. The lowest BCUT2D eigenvalue weighted by molar-refractivity contribution is 0.469. The number of nitrogens with one attached hydrogen (secondary N) is 1. The van der Waals surface area contributed by atoms with Gasteiger partial charge in [0, 0.05) is 12.1 Å². The predicted molar refractivity (Wildman–Crippen MR) is 71.3 cm³/mol. The van der Waals surface area contributed by atoms with Crippen LogP contribution in [0.4, 0.5) is 10.1 Å². The molecule has 2 N–H and O–H groups in total. The highest BCUT2D eigenvalue weighted by molar-refractivity contribution is 5.49. The minimum Gasteiger partial charge on any atom is -0.508 e. The van der Waals surface area contributed by atoms with Gasteiger partial charge in [-0.15, -0.1) is 0 Å². The summed E-state index contributed by atoms with van der Waals surface area (Å²) in [5.41, 5.74) is 2.88. The molecule has 0 aromatic heterocycles. The van der Waals surface area contributed by atoms with Crippen molar-refractivity contribution in [2.24, 2.45) is 0 Å². The summed E-state index contributed by atoms with van der Waals surface area (Å²) >= 11 is 0. The van der Waals surface area contributed by atoms with Crippen molar-refractivity contribution in [2.45, 2.75) is 20.4 Å². The summed E-state index contributed by atoms with van der Waals surface area (Å²) in [4.78, 5) is 0. The quantitative estimate of drug-likeness (QED) is 0.863. The molecular formula is C15H16FNO. The SMILES string of the molecule is Cc1ccc(O)c(CNc2cccc(C)c2F)c1. The second kappa shape index (κ2) is 5.08. The molecule has 2 aromatic carbocycles. The molecule has 0 aliphatic heterocycles. The molecule has 0 aliphatic rings. The fourth-order valence-corrected chi connectivity index (χ4v) is 1.83. The van der Waals surface area contributed by atoms with Gasteiger partial charge in [-0.3, -0.25) is 0 Å². The van der Waals surface area contributed by atoms with E-state index in [1.54, 1.807) is 31.2 Å². The molecular weight excluding hydrogens is 229 g/mol. The Kier molecular flexibility index (Phi) is 3.51. The van der Waals surface area contributed by atoms with Gasteiger partial charge in [-0.2, -0.15) is 0 Å². The Labute approximate surface area is 106 Å². The molecule has 0 radical (unpaired) electrons. The fraction of sp³-hybridized carbons (Fsp3) is 0.200. The maximum absolute atomic E-state index is 13.8. The van der Waals surface area contributed by atoms with Gasteiger partial charge < -0.3 is 10.4 Å². The smallest absolute Gasteiger partial charge is 0.149 e. The third-order valence-corrected chi connectivity index (χ3v) is 2.90. The van der Waals surface area contributed by atoms with Gasteiger partial charge in [0.1, 0.15) is 11.6 Å². The minimum atomic E-state index is -0.246. The van der Waals surface area contributed by atoms with Gasteiger partial charge in [0.25, 0.3) is 0 Å². The second-order valence-electron chi connectivity index (χ2n) is 4.42. The van der Waals surface area contributed by atoms with E-state index in [2.05, 4.69) is 5.32 Å².